The Balaban J connectivity index is 2.20. The van der Waals surface area contributed by atoms with Gasteiger partial charge < -0.3 is 0 Å². The third kappa shape index (κ3) is 2.94. The Morgan fingerprint density at radius 2 is 2.08 bits per heavy atom. The highest BCUT2D eigenvalue weighted by molar-refractivity contribution is 7.08. The van der Waals surface area contributed by atoms with E-state index in [1.165, 1.54) is 30.6 Å². The smallest absolute Gasteiger partial charge is 0.137 e. The van der Waals surface area contributed by atoms with Gasteiger partial charge in [-0.3, -0.25) is 0 Å². The van der Waals surface area contributed by atoms with Crippen LogP contribution in [0.15, 0.2) is 10.8 Å². The lowest BCUT2D eigenvalue weighted by molar-refractivity contribution is 0.600. The molecule has 1 aromatic rings. The molecule has 0 N–H and O–H groups in total. The van der Waals surface area contributed by atoms with Crippen molar-refractivity contribution in [1.29, 1.82) is 0 Å². The Morgan fingerprint density at radius 1 is 1.25 bits per heavy atom. The predicted molar refractivity (Wildman–Crippen MR) is 52.1 cm³/mol. The van der Waals surface area contributed by atoms with Crippen LogP contribution in [0.3, 0.4) is 0 Å². The number of aryl methyl sites for hydroxylation is 1. The second kappa shape index (κ2) is 5.31. The normalized spacial score (nSPS) is 10.5. The molecule has 68 valence electrons. The number of thiophene rings is 1. The van der Waals surface area contributed by atoms with E-state index in [1.807, 2.05) is 5.38 Å². The highest BCUT2D eigenvalue weighted by Crippen LogP contribution is 2.15. The molecular weight excluding hydrogens is 171 g/mol. The highest BCUT2D eigenvalue weighted by atomic mass is 32.1. The van der Waals surface area contributed by atoms with Gasteiger partial charge in [0, 0.05) is 5.38 Å². The average molecular weight is 186 g/mol. The maximum Gasteiger partial charge on any atom is 0.137 e. The average Bonchev–Trinajstić information content (AvgIpc) is 2.46. The van der Waals surface area contributed by atoms with E-state index in [4.69, 9.17) is 0 Å². The van der Waals surface area contributed by atoms with E-state index < -0.39 is 0 Å². The van der Waals surface area contributed by atoms with E-state index in [1.54, 1.807) is 5.38 Å². The molecule has 1 aromatic heterocycles. The molecule has 1 heterocycles. The topological polar surface area (TPSA) is 0 Å². The van der Waals surface area contributed by atoms with Crippen molar-refractivity contribution < 1.29 is 4.39 Å². The van der Waals surface area contributed by atoms with Crippen molar-refractivity contribution >= 4 is 11.3 Å². The van der Waals surface area contributed by atoms with Gasteiger partial charge in [-0.15, -0.1) is 11.3 Å². The first kappa shape index (κ1) is 9.72. The number of hydrogen-bond donors (Lipinski definition) is 0. The van der Waals surface area contributed by atoms with Crippen LogP contribution >= 0.6 is 11.3 Å². The predicted octanol–water partition coefficient (Wildman–Crippen LogP) is 4.01. The van der Waals surface area contributed by atoms with Crippen molar-refractivity contribution in [3.63, 3.8) is 0 Å². The van der Waals surface area contributed by atoms with Crippen molar-refractivity contribution in [1.82, 2.24) is 0 Å². The molecule has 0 aliphatic heterocycles. The minimum Gasteiger partial charge on any atom is -0.206 e. The van der Waals surface area contributed by atoms with Crippen molar-refractivity contribution in [2.75, 3.05) is 0 Å². The van der Waals surface area contributed by atoms with E-state index in [9.17, 15) is 4.39 Å². The van der Waals surface area contributed by atoms with Crippen molar-refractivity contribution in [2.45, 2.75) is 39.0 Å². The first-order valence-corrected chi connectivity index (χ1v) is 5.49. The van der Waals surface area contributed by atoms with Crippen molar-refractivity contribution in [3.8, 4) is 0 Å². The molecule has 1 rings (SSSR count). The Bertz CT molecular complexity index is 217. The zero-order chi connectivity index (χ0) is 8.81. The molecule has 0 fully saturated rings. The van der Waals surface area contributed by atoms with E-state index >= 15 is 0 Å². The molecule has 0 nitrogen and oxygen atoms in total. The first-order valence-electron chi connectivity index (χ1n) is 4.55. The summed E-state index contributed by atoms with van der Waals surface area (Å²) in [6.45, 7) is 2.19. The molecule has 0 saturated heterocycles. The second-order valence-corrected chi connectivity index (χ2v) is 3.80. The Kier molecular flexibility index (Phi) is 4.30. The molecule has 0 spiro atoms. The van der Waals surface area contributed by atoms with Crippen LogP contribution in [0, 0.1) is 5.82 Å². The molecule has 0 radical (unpaired) electrons. The van der Waals surface area contributed by atoms with Gasteiger partial charge in [-0.05, 0) is 23.8 Å². The van der Waals surface area contributed by atoms with Crippen LogP contribution in [0.25, 0.3) is 0 Å². The van der Waals surface area contributed by atoms with E-state index in [0.717, 1.165) is 18.4 Å². The monoisotopic (exact) mass is 186 g/mol. The summed E-state index contributed by atoms with van der Waals surface area (Å²) in [5.74, 6) is -0.0171. The summed E-state index contributed by atoms with van der Waals surface area (Å²) in [4.78, 5) is 0. The van der Waals surface area contributed by atoms with Crippen LogP contribution in [0.1, 0.15) is 38.2 Å². The lowest BCUT2D eigenvalue weighted by Crippen LogP contribution is -1.85. The summed E-state index contributed by atoms with van der Waals surface area (Å²) in [5, 5.41) is 3.50. The van der Waals surface area contributed by atoms with Gasteiger partial charge in [-0.25, -0.2) is 4.39 Å². The van der Waals surface area contributed by atoms with Crippen LogP contribution in [-0.2, 0) is 6.42 Å². The minimum absolute atomic E-state index is 0.0171. The van der Waals surface area contributed by atoms with Gasteiger partial charge in [0.25, 0.3) is 0 Å². The van der Waals surface area contributed by atoms with Crippen molar-refractivity contribution in [2.24, 2.45) is 0 Å². The van der Waals surface area contributed by atoms with Crippen molar-refractivity contribution in [3.05, 3.63) is 22.1 Å². The maximum atomic E-state index is 12.9. The lowest BCUT2D eigenvalue weighted by Gasteiger charge is -1.97. The largest absolute Gasteiger partial charge is 0.206 e. The molecule has 0 aliphatic rings. The molecule has 0 bridgehead atoms. The van der Waals surface area contributed by atoms with Crippen LogP contribution in [0.5, 0.6) is 0 Å². The fourth-order valence-electron chi connectivity index (χ4n) is 1.23. The Morgan fingerprint density at radius 3 is 2.67 bits per heavy atom. The first-order chi connectivity index (χ1) is 5.84. The highest BCUT2D eigenvalue weighted by Gasteiger charge is 2.01. The summed E-state index contributed by atoms with van der Waals surface area (Å²) < 4.78 is 12.9. The van der Waals surface area contributed by atoms with Crippen LogP contribution in [0.4, 0.5) is 4.39 Å². The molecule has 0 aromatic carbocycles. The summed E-state index contributed by atoms with van der Waals surface area (Å²) in [7, 11) is 0. The third-order valence-electron chi connectivity index (χ3n) is 1.99. The molecular formula is C10H15FS. The molecule has 0 aliphatic carbocycles. The Hall–Kier alpha value is -0.370. The number of unbranched alkanes of at least 4 members (excludes halogenated alkanes) is 3. The number of hydrogen-bond acceptors (Lipinski definition) is 1. The standard InChI is InChI=1S/C10H15FS/c1-2-3-4-5-6-9-7-12-8-10(9)11/h7-8H,2-6H2,1H3. The fourth-order valence-corrected chi connectivity index (χ4v) is 1.96. The fraction of sp³-hybridized carbons (Fsp3) is 0.600. The van der Waals surface area contributed by atoms with Gasteiger partial charge in [0.15, 0.2) is 0 Å². The minimum atomic E-state index is -0.0171. The third-order valence-corrected chi connectivity index (χ3v) is 2.75. The summed E-state index contributed by atoms with van der Waals surface area (Å²) in [6.07, 6.45) is 5.78. The zero-order valence-electron chi connectivity index (χ0n) is 7.48. The summed E-state index contributed by atoms with van der Waals surface area (Å²) >= 11 is 1.45. The van der Waals surface area contributed by atoms with Gasteiger partial charge >= 0.3 is 0 Å². The zero-order valence-corrected chi connectivity index (χ0v) is 8.29. The van der Waals surface area contributed by atoms with Crippen LogP contribution in [0.2, 0.25) is 0 Å². The van der Waals surface area contributed by atoms with E-state index in [0.29, 0.717) is 0 Å². The van der Waals surface area contributed by atoms with E-state index in [2.05, 4.69) is 6.92 Å². The van der Waals surface area contributed by atoms with Crippen LogP contribution < -0.4 is 0 Å². The summed E-state index contributed by atoms with van der Waals surface area (Å²) in [6, 6.07) is 0. The molecule has 0 atom stereocenters. The summed E-state index contributed by atoms with van der Waals surface area (Å²) in [5.41, 5.74) is 0.899. The van der Waals surface area contributed by atoms with Gasteiger partial charge in [0.2, 0.25) is 0 Å². The van der Waals surface area contributed by atoms with Crippen LogP contribution in [-0.4, -0.2) is 0 Å². The molecule has 2 heteroatoms. The second-order valence-electron chi connectivity index (χ2n) is 3.06. The lowest BCUT2D eigenvalue weighted by atomic mass is 10.1. The molecule has 0 amide bonds. The van der Waals surface area contributed by atoms with Gasteiger partial charge in [-0.2, -0.15) is 0 Å². The molecule has 0 unspecified atom stereocenters. The van der Waals surface area contributed by atoms with E-state index in [-0.39, 0.29) is 5.82 Å². The SMILES string of the molecule is CCCCCCc1cscc1F. The number of rotatable bonds is 5. The van der Waals surface area contributed by atoms with Gasteiger partial charge in [0.1, 0.15) is 5.82 Å². The molecule has 0 saturated carbocycles. The van der Waals surface area contributed by atoms with Gasteiger partial charge in [-0.1, -0.05) is 26.2 Å². The Labute approximate surface area is 77.4 Å². The maximum absolute atomic E-state index is 12.9. The quantitative estimate of drug-likeness (QED) is 0.609. The van der Waals surface area contributed by atoms with Gasteiger partial charge in [0.05, 0.1) is 0 Å². The number of halogens is 1. The molecule has 12 heavy (non-hydrogen) atoms.